The van der Waals surface area contributed by atoms with Gasteiger partial charge in [-0.25, -0.2) is 4.39 Å². The molecule has 3 N–H and O–H groups in total. The quantitative estimate of drug-likeness (QED) is 0.733. The maximum absolute atomic E-state index is 13.5. The van der Waals surface area contributed by atoms with Gasteiger partial charge in [-0.1, -0.05) is 37.5 Å². The fraction of sp³-hybridized carbons (Fsp3) is 0.600. The van der Waals surface area contributed by atoms with Crippen molar-refractivity contribution in [3.8, 4) is 0 Å². The van der Waals surface area contributed by atoms with Gasteiger partial charge in [0.05, 0.1) is 12.2 Å². The summed E-state index contributed by atoms with van der Waals surface area (Å²) in [7, 11) is 0. The molecule has 0 aliphatic heterocycles. The van der Waals surface area contributed by atoms with E-state index in [2.05, 4.69) is 5.32 Å². The second kappa shape index (κ2) is 6.98. The van der Waals surface area contributed by atoms with E-state index in [0.29, 0.717) is 5.56 Å². The van der Waals surface area contributed by atoms with Gasteiger partial charge >= 0.3 is 0 Å². The summed E-state index contributed by atoms with van der Waals surface area (Å²) in [4.78, 5) is 0. The summed E-state index contributed by atoms with van der Waals surface area (Å²) in [6, 6.07) is 6.25. The van der Waals surface area contributed by atoms with Crippen LogP contribution >= 0.6 is 0 Å². The van der Waals surface area contributed by atoms with Crippen LogP contribution in [0.15, 0.2) is 24.3 Å². The first-order valence-corrected chi connectivity index (χ1v) is 7.02. The highest BCUT2D eigenvalue weighted by molar-refractivity contribution is 5.20. The molecule has 0 heterocycles. The molecule has 0 radical (unpaired) electrons. The molecule has 1 aliphatic carbocycles. The maximum atomic E-state index is 13.5. The highest BCUT2D eigenvalue weighted by Crippen LogP contribution is 2.20. The Morgan fingerprint density at radius 1 is 1.21 bits per heavy atom. The van der Waals surface area contributed by atoms with E-state index in [1.165, 1.54) is 6.07 Å². The van der Waals surface area contributed by atoms with E-state index in [-0.39, 0.29) is 18.7 Å². The topological polar surface area (TPSA) is 52.5 Å². The Hall–Kier alpha value is -0.970. The molecule has 2 rings (SSSR count). The van der Waals surface area contributed by atoms with Gasteiger partial charge < -0.3 is 15.5 Å². The standard InChI is InChI=1S/C15H22FNO2/c16-12-7-5-4-6-11(12)15(19)10-17-13-8-2-1-3-9-14(13)18/h4-7,13-15,17-19H,1-3,8-10H2. The van der Waals surface area contributed by atoms with Gasteiger partial charge in [0.1, 0.15) is 5.82 Å². The van der Waals surface area contributed by atoms with Gasteiger partial charge in [0.2, 0.25) is 0 Å². The summed E-state index contributed by atoms with van der Waals surface area (Å²) in [5.74, 6) is -0.391. The SMILES string of the molecule is OC(CNC1CCCCCC1O)c1ccccc1F. The van der Waals surface area contributed by atoms with E-state index in [9.17, 15) is 14.6 Å². The Balaban J connectivity index is 1.89. The van der Waals surface area contributed by atoms with Crippen molar-refractivity contribution >= 4 is 0 Å². The van der Waals surface area contributed by atoms with Crippen LogP contribution in [-0.4, -0.2) is 28.9 Å². The number of nitrogens with one attached hydrogen (secondary N) is 1. The molecule has 1 aromatic rings. The van der Waals surface area contributed by atoms with E-state index in [1.54, 1.807) is 18.2 Å². The van der Waals surface area contributed by atoms with Crippen molar-refractivity contribution in [1.29, 1.82) is 0 Å². The molecule has 3 nitrogen and oxygen atoms in total. The number of aliphatic hydroxyl groups is 2. The zero-order chi connectivity index (χ0) is 13.7. The molecule has 0 bridgehead atoms. The maximum Gasteiger partial charge on any atom is 0.129 e. The van der Waals surface area contributed by atoms with Crippen LogP contribution in [0.4, 0.5) is 4.39 Å². The second-order valence-electron chi connectivity index (χ2n) is 5.26. The van der Waals surface area contributed by atoms with Crippen molar-refractivity contribution in [2.45, 2.75) is 50.4 Å². The lowest BCUT2D eigenvalue weighted by Gasteiger charge is -2.23. The minimum Gasteiger partial charge on any atom is -0.392 e. The molecule has 1 fully saturated rings. The number of aliphatic hydroxyl groups excluding tert-OH is 2. The van der Waals surface area contributed by atoms with Crippen LogP contribution in [-0.2, 0) is 0 Å². The molecule has 1 saturated carbocycles. The summed E-state index contributed by atoms with van der Waals surface area (Å²) in [5.41, 5.74) is 0.304. The first-order chi connectivity index (χ1) is 9.18. The fourth-order valence-corrected chi connectivity index (χ4v) is 2.64. The summed E-state index contributed by atoms with van der Waals surface area (Å²) in [5, 5.41) is 23.1. The Kier molecular flexibility index (Phi) is 5.31. The number of hydrogen-bond acceptors (Lipinski definition) is 3. The fourth-order valence-electron chi connectivity index (χ4n) is 2.64. The molecule has 19 heavy (non-hydrogen) atoms. The molecule has 0 saturated heterocycles. The van der Waals surface area contributed by atoms with Crippen molar-refractivity contribution in [3.05, 3.63) is 35.6 Å². The van der Waals surface area contributed by atoms with Crippen LogP contribution in [0.3, 0.4) is 0 Å². The molecule has 1 aliphatic rings. The third-order valence-corrected chi connectivity index (χ3v) is 3.82. The predicted molar refractivity (Wildman–Crippen MR) is 72.2 cm³/mol. The van der Waals surface area contributed by atoms with Crippen LogP contribution in [0.1, 0.15) is 43.8 Å². The first kappa shape index (κ1) is 14.4. The average Bonchev–Trinajstić information content (AvgIpc) is 2.61. The summed E-state index contributed by atoms with van der Waals surface area (Å²) >= 11 is 0. The molecular formula is C15H22FNO2. The van der Waals surface area contributed by atoms with Crippen molar-refractivity contribution in [2.75, 3.05) is 6.54 Å². The zero-order valence-electron chi connectivity index (χ0n) is 11.1. The molecule has 0 aromatic heterocycles. The largest absolute Gasteiger partial charge is 0.392 e. The molecular weight excluding hydrogens is 245 g/mol. The van der Waals surface area contributed by atoms with Crippen LogP contribution in [0.2, 0.25) is 0 Å². The molecule has 1 aromatic carbocycles. The van der Waals surface area contributed by atoms with Gasteiger partial charge in [-0.2, -0.15) is 0 Å². The zero-order valence-corrected chi connectivity index (χ0v) is 11.1. The lowest BCUT2D eigenvalue weighted by molar-refractivity contribution is 0.103. The van der Waals surface area contributed by atoms with E-state index in [1.807, 2.05) is 0 Å². The Bertz CT molecular complexity index is 399. The third kappa shape index (κ3) is 4.00. The Labute approximate surface area is 113 Å². The summed E-state index contributed by atoms with van der Waals surface area (Å²) < 4.78 is 13.5. The van der Waals surface area contributed by atoms with Crippen LogP contribution in [0, 0.1) is 5.82 Å². The minimum atomic E-state index is -0.878. The summed E-state index contributed by atoms with van der Waals surface area (Å²) in [6.07, 6.45) is 3.75. The molecule has 3 unspecified atom stereocenters. The van der Waals surface area contributed by atoms with E-state index in [4.69, 9.17) is 0 Å². The summed E-state index contributed by atoms with van der Waals surface area (Å²) in [6.45, 7) is 0.267. The van der Waals surface area contributed by atoms with Crippen LogP contribution in [0.5, 0.6) is 0 Å². The second-order valence-corrected chi connectivity index (χ2v) is 5.26. The number of halogens is 1. The van der Waals surface area contributed by atoms with Gasteiger partial charge in [0.15, 0.2) is 0 Å². The van der Waals surface area contributed by atoms with E-state index < -0.39 is 11.9 Å². The molecule has 0 amide bonds. The first-order valence-electron chi connectivity index (χ1n) is 7.02. The Morgan fingerprint density at radius 3 is 2.74 bits per heavy atom. The molecule has 4 heteroatoms. The average molecular weight is 267 g/mol. The van der Waals surface area contributed by atoms with Gasteiger partial charge in [0, 0.05) is 18.2 Å². The molecule has 106 valence electrons. The van der Waals surface area contributed by atoms with Crippen molar-refractivity contribution in [2.24, 2.45) is 0 Å². The normalized spacial score (nSPS) is 25.8. The van der Waals surface area contributed by atoms with E-state index >= 15 is 0 Å². The Morgan fingerprint density at radius 2 is 1.95 bits per heavy atom. The highest BCUT2D eigenvalue weighted by atomic mass is 19.1. The van der Waals surface area contributed by atoms with Gasteiger partial charge in [-0.15, -0.1) is 0 Å². The lowest BCUT2D eigenvalue weighted by Crippen LogP contribution is -2.41. The van der Waals surface area contributed by atoms with Gasteiger partial charge in [-0.05, 0) is 18.9 Å². The molecule has 0 spiro atoms. The van der Waals surface area contributed by atoms with Crippen molar-refractivity contribution < 1.29 is 14.6 Å². The number of hydrogen-bond donors (Lipinski definition) is 3. The smallest absolute Gasteiger partial charge is 0.129 e. The van der Waals surface area contributed by atoms with Crippen molar-refractivity contribution in [3.63, 3.8) is 0 Å². The highest BCUT2D eigenvalue weighted by Gasteiger charge is 2.22. The number of rotatable bonds is 4. The number of benzene rings is 1. The third-order valence-electron chi connectivity index (χ3n) is 3.82. The predicted octanol–water partition coefficient (Wildman–Crippen LogP) is 2.14. The van der Waals surface area contributed by atoms with Gasteiger partial charge in [0.25, 0.3) is 0 Å². The van der Waals surface area contributed by atoms with E-state index in [0.717, 1.165) is 32.1 Å². The molecule has 3 atom stereocenters. The monoisotopic (exact) mass is 267 g/mol. The van der Waals surface area contributed by atoms with Crippen LogP contribution in [0.25, 0.3) is 0 Å². The minimum absolute atomic E-state index is 0.00363. The van der Waals surface area contributed by atoms with Gasteiger partial charge in [-0.3, -0.25) is 0 Å². The van der Waals surface area contributed by atoms with Crippen LogP contribution < -0.4 is 5.32 Å². The lowest BCUT2D eigenvalue weighted by atomic mass is 10.0. The van der Waals surface area contributed by atoms with Crippen molar-refractivity contribution in [1.82, 2.24) is 5.32 Å².